The lowest BCUT2D eigenvalue weighted by Crippen LogP contribution is -2.55. The predicted molar refractivity (Wildman–Crippen MR) is 119 cm³/mol. The maximum atomic E-state index is 13.2. The molecule has 2 fully saturated rings. The molecule has 0 aliphatic carbocycles. The number of rotatable bonds is 3. The first kappa shape index (κ1) is 19.5. The van der Waals surface area contributed by atoms with Crippen LogP contribution in [-0.4, -0.2) is 40.5 Å². The van der Waals surface area contributed by atoms with Crippen LogP contribution < -0.4 is 10.2 Å². The van der Waals surface area contributed by atoms with Crippen LogP contribution in [0.1, 0.15) is 31.4 Å². The van der Waals surface area contributed by atoms with Crippen LogP contribution in [0.3, 0.4) is 0 Å². The number of carbonyl (C=O) groups is 2. The summed E-state index contributed by atoms with van der Waals surface area (Å²) in [4.78, 5) is 33.9. The lowest BCUT2D eigenvalue weighted by atomic mass is 9.86. The van der Waals surface area contributed by atoms with Gasteiger partial charge < -0.3 is 5.32 Å². The van der Waals surface area contributed by atoms with Gasteiger partial charge in [0.2, 0.25) is 0 Å². The van der Waals surface area contributed by atoms with Crippen molar-refractivity contribution < 1.29 is 9.59 Å². The minimum Gasteiger partial charge on any atom is -0.323 e. The molecule has 3 amide bonds. The largest absolute Gasteiger partial charge is 0.329 e. The van der Waals surface area contributed by atoms with Crippen molar-refractivity contribution in [2.45, 2.75) is 31.3 Å². The third kappa shape index (κ3) is 3.17. The van der Waals surface area contributed by atoms with Crippen molar-refractivity contribution in [2.75, 3.05) is 18.0 Å². The predicted octanol–water partition coefficient (Wildman–Crippen LogP) is 4.60. The number of aromatic nitrogens is 1. The number of imide groups is 1. The molecule has 1 N–H and O–H groups in total. The molecule has 3 heterocycles. The van der Waals surface area contributed by atoms with E-state index in [4.69, 9.17) is 11.6 Å². The molecule has 8 heteroatoms. The minimum atomic E-state index is -0.828. The second-order valence-electron chi connectivity index (χ2n) is 7.92. The molecule has 2 aliphatic heterocycles. The number of carbonyl (C=O) groups excluding carboxylic acids is 2. The van der Waals surface area contributed by atoms with Gasteiger partial charge in [-0.05, 0) is 61.7 Å². The number of fused-ring (bicyclic) bond motifs is 1. The molecule has 6 nitrogen and oxygen atoms in total. The molecule has 3 aromatic rings. The zero-order valence-corrected chi connectivity index (χ0v) is 18.0. The molecule has 2 aromatic carbocycles. The summed E-state index contributed by atoms with van der Waals surface area (Å²) in [5.41, 5.74) is 3.82. The number of hydrogen-bond donors (Lipinski definition) is 1. The highest BCUT2D eigenvalue weighted by Gasteiger charge is 2.53. The van der Waals surface area contributed by atoms with Crippen molar-refractivity contribution >= 4 is 50.8 Å². The summed E-state index contributed by atoms with van der Waals surface area (Å²) in [6.07, 6.45) is 1.18. The fraction of sp³-hybridized carbons (Fsp3) is 0.318. The molecular formula is C22H21ClN4O2S. The van der Waals surface area contributed by atoms with E-state index < -0.39 is 5.54 Å². The van der Waals surface area contributed by atoms with Crippen molar-refractivity contribution in [3.05, 3.63) is 58.6 Å². The lowest BCUT2D eigenvalue weighted by molar-refractivity contribution is -0.124. The maximum absolute atomic E-state index is 13.2. The van der Waals surface area contributed by atoms with E-state index in [0.29, 0.717) is 23.6 Å². The van der Waals surface area contributed by atoms with Gasteiger partial charge in [0.25, 0.3) is 5.91 Å². The average molecular weight is 441 g/mol. The van der Waals surface area contributed by atoms with Gasteiger partial charge in [-0.3, -0.25) is 9.69 Å². The van der Waals surface area contributed by atoms with Crippen molar-refractivity contribution in [1.82, 2.24) is 15.2 Å². The number of nitrogens with one attached hydrogen (secondary N) is 1. The second kappa shape index (κ2) is 7.34. The highest BCUT2D eigenvalue weighted by Crippen LogP contribution is 2.35. The first-order valence-corrected chi connectivity index (χ1v) is 11.2. The first-order chi connectivity index (χ1) is 14.5. The molecule has 0 bridgehead atoms. The van der Waals surface area contributed by atoms with Gasteiger partial charge in [-0.2, -0.15) is 0 Å². The molecule has 1 aromatic heterocycles. The summed E-state index contributed by atoms with van der Waals surface area (Å²) >= 11 is 7.58. The Morgan fingerprint density at radius 1 is 1.13 bits per heavy atom. The van der Waals surface area contributed by atoms with Crippen LogP contribution in [0, 0.1) is 0 Å². The van der Waals surface area contributed by atoms with Crippen molar-refractivity contribution in [2.24, 2.45) is 0 Å². The number of thiazole rings is 1. The van der Waals surface area contributed by atoms with Gasteiger partial charge in [-0.15, -0.1) is 11.3 Å². The van der Waals surface area contributed by atoms with E-state index in [9.17, 15) is 9.59 Å². The summed E-state index contributed by atoms with van der Waals surface area (Å²) in [7, 11) is 0. The van der Waals surface area contributed by atoms with E-state index in [1.54, 1.807) is 35.6 Å². The van der Waals surface area contributed by atoms with Gasteiger partial charge in [0, 0.05) is 24.2 Å². The summed E-state index contributed by atoms with van der Waals surface area (Å²) in [5.74, 6) is -0.175. The van der Waals surface area contributed by atoms with Gasteiger partial charge in [0.05, 0.1) is 21.4 Å². The van der Waals surface area contributed by atoms with E-state index in [1.807, 2.05) is 5.51 Å². The van der Waals surface area contributed by atoms with Crippen LogP contribution in [0.5, 0.6) is 0 Å². The zero-order valence-electron chi connectivity index (χ0n) is 16.5. The quantitative estimate of drug-likeness (QED) is 0.604. The maximum Gasteiger partial charge on any atom is 0.329 e. The molecule has 0 saturated carbocycles. The number of anilines is 1. The molecule has 0 radical (unpaired) electrons. The smallest absolute Gasteiger partial charge is 0.323 e. The summed E-state index contributed by atoms with van der Waals surface area (Å²) in [6.45, 7) is 3.65. The Bertz CT molecular complexity index is 1120. The van der Waals surface area contributed by atoms with Gasteiger partial charge in [-0.25, -0.2) is 14.7 Å². The standard InChI is InChI=1S/C22H21ClN4O2S/c1-14(15-2-7-19-18(12-15)24-13-30-19)26-10-8-22(9-11-26)20(28)27(21(29)25-22)17-5-3-16(23)4-6-17/h2-7,12-14H,8-11H2,1H3,(H,25,29)/t14-/m0/s1. The number of hydrogen-bond acceptors (Lipinski definition) is 5. The third-order valence-electron chi connectivity index (χ3n) is 6.28. The summed E-state index contributed by atoms with van der Waals surface area (Å²) in [5, 5.41) is 3.54. The number of benzene rings is 2. The number of amides is 3. The topological polar surface area (TPSA) is 65.5 Å². The average Bonchev–Trinajstić information content (AvgIpc) is 3.31. The number of halogens is 1. The van der Waals surface area contributed by atoms with Gasteiger partial charge in [0.15, 0.2) is 0 Å². The van der Waals surface area contributed by atoms with Crippen LogP contribution >= 0.6 is 22.9 Å². The molecular weight excluding hydrogens is 420 g/mol. The van der Waals surface area contributed by atoms with Gasteiger partial charge in [0.1, 0.15) is 5.54 Å². The van der Waals surface area contributed by atoms with E-state index in [0.717, 1.165) is 18.6 Å². The van der Waals surface area contributed by atoms with Crippen molar-refractivity contribution in [1.29, 1.82) is 0 Å². The first-order valence-electron chi connectivity index (χ1n) is 9.96. The number of nitrogens with zero attached hydrogens (tertiary/aromatic N) is 3. The van der Waals surface area contributed by atoms with E-state index in [2.05, 4.69) is 40.3 Å². The highest BCUT2D eigenvalue weighted by molar-refractivity contribution is 7.16. The second-order valence-corrected chi connectivity index (χ2v) is 9.24. The van der Waals surface area contributed by atoms with Crippen molar-refractivity contribution in [3.8, 4) is 0 Å². The van der Waals surface area contributed by atoms with Crippen molar-refractivity contribution in [3.63, 3.8) is 0 Å². The van der Waals surface area contributed by atoms with Crippen LogP contribution in [0.2, 0.25) is 5.02 Å². The van der Waals surface area contributed by atoms with Crippen LogP contribution in [0.4, 0.5) is 10.5 Å². The molecule has 0 unspecified atom stereocenters. The van der Waals surface area contributed by atoms with E-state index in [1.165, 1.54) is 15.2 Å². The molecule has 5 rings (SSSR count). The van der Waals surface area contributed by atoms with Gasteiger partial charge in [-0.1, -0.05) is 17.7 Å². The molecule has 2 saturated heterocycles. The lowest BCUT2D eigenvalue weighted by Gasteiger charge is -2.40. The number of urea groups is 1. The Hall–Kier alpha value is -2.48. The third-order valence-corrected chi connectivity index (χ3v) is 7.34. The van der Waals surface area contributed by atoms with Crippen LogP contribution in [0.25, 0.3) is 10.2 Å². The van der Waals surface area contributed by atoms with Crippen LogP contribution in [-0.2, 0) is 4.79 Å². The molecule has 154 valence electrons. The number of likely N-dealkylation sites (tertiary alicyclic amines) is 1. The Morgan fingerprint density at radius 3 is 2.60 bits per heavy atom. The minimum absolute atomic E-state index is 0.175. The number of piperidine rings is 1. The Labute approximate surface area is 183 Å². The Kier molecular flexibility index (Phi) is 4.76. The van der Waals surface area contributed by atoms with Gasteiger partial charge >= 0.3 is 6.03 Å². The molecule has 2 aliphatic rings. The normalized spacial score (nSPS) is 20.1. The Morgan fingerprint density at radius 2 is 1.87 bits per heavy atom. The van der Waals surface area contributed by atoms with Crippen LogP contribution in [0.15, 0.2) is 48.0 Å². The van der Waals surface area contributed by atoms with E-state index >= 15 is 0 Å². The molecule has 1 spiro atoms. The molecule has 1 atom stereocenters. The fourth-order valence-electron chi connectivity index (χ4n) is 4.42. The Balaban J connectivity index is 1.31. The SMILES string of the molecule is C[C@@H](c1ccc2scnc2c1)N1CCC2(CC1)NC(=O)N(c1ccc(Cl)cc1)C2=O. The molecule has 30 heavy (non-hydrogen) atoms. The summed E-state index contributed by atoms with van der Waals surface area (Å²) < 4.78 is 1.19. The zero-order chi connectivity index (χ0) is 20.9. The highest BCUT2D eigenvalue weighted by atomic mass is 35.5. The summed E-state index contributed by atoms with van der Waals surface area (Å²) in [6, 6.07) is 13.0. The monoisotopic (exact) mass is 440 g/mol. The fourth-order valence-corrected chi connectivity index (χ4v) is 5.21. The van der Waals surface area contributed by atoms with E-state index in [-0.39, 0.29) is 18.0 Å².